The molecule has 0 unspecified atom stereocenters. The summed E-state index contributed by atoms with van der Waals surface area (Å²) in [4.78, 5) is 36.2. The fourth-order valence-electron chi connectivity index (χ4n) is 2.84. The number of nitrogens with one attached hydrogen (secondary N) is 1. The molecule has 0 radical (unpaired) electrons. The predicted molar refractivity (Wildman–Crippen MR) is 117 cm³/mol. The third kappa shape index (κ3) is 6.67. The summed E-state index contributed by atoms with van der Waals surface area (Å²) < 4.78 is 5.26. The SMILES string of the molecule is O=C(CCC(=O)c1cccs1)NCCC(=O)OCc1ccc(-c2ccccc2)cc1. The summed E-state index contributed by atoms with van der Waals surface area (Å²) in [5.41, 5.74) is 3.14. The highest BCUT2D eigenvalue weighted by Crippen LogP contribution is 2.19. The van der Waals surface area contributed by atoms with Crippen molar-refractivity contribution in [2.75, 3.05) is 6.54 Å². The average Bonchev–Trinajstić information content (AvgIpc) is 3.32. The van der Waals surface area contributed by atoms with Crippen LogP contribution in [0.1, 0.15) is 34.5 Å². The molecule has 0 spiro atoms. The fraction of sp³-hybridized carbons (Fsp3) is 0.208. The lowest BCUT2D eigenvalue weighted by atomic mass is 10.0. The summed E-state index contributed by atoms with van der Waals surface area (Å²) in [6, 6.07) is 21.5. The van der Waals surface area contributed by atoms with Crippen molar-refractivity contribution >= 4 is 29.0 Å². The number of ketones is 1. The van der Waals surface area contributed by atoms with Crippen LogP contribution >= 0.6 is 11.3 Å². The summed E-state index contributed by atoms with van der Waals surface area (Å²) in [7, 11) is 0. The monoisotopic (exact) mass is 421 g/mol. The van der Waals surface area contributed by atoms with Crippen molar-refractivity contribution in [1.82, 2.24) is 5.32 Å². The lowest BCUT2D eigenvalue weighted by molar-refractivity contribution is -0.144. The van der Waals surface area contributed by atoms with Gasteiger partial charge >= 0.3 is 5.97 Å². The van der Waals surface area contributed by atoms with Crippen LogP contribution in [0.5, 0.6) is 0 Å². The number of thiophene rings is 1. The number of amides is 1. The van der Waals surface area contributed by atoms with Gasteiger partial charge in [0.05, 0.1) is 11.3 Å². The summed E-state index contributed by atoms with van der Waals surface area (Å²) in [5, 5.41) is 4.48. The third-order valence-electron chi connectivity index (χ3n) is 4.49. The lowest BCUT2D eigenvalue weighted by Crippen LogP contribution is -2.26. The average molecular weight is 422 g/mol. The molecule has 30 heavy (non-hydrogen) atoms. The van der Waals surface area contributed by atoms with Gasteiger partial charge in [0.15, 0.2) is 5.78 Å². The van der Waals surface area contributed by atoms with Gasteiger partial charge in [0.2, 0.25) is 5.91 Å². The molecule has 154 valence electrons. The number of ether oxygens (including phenoxy) is 1. The fourth-order valence-corrected chi connectivity index (χ4v) is 3.53. The van der Waals surface area contributed by atoms with Crippen LogP contribution in [-0.2, 0) is 20.9 Å². The Morgan fingerprint density at radius 1 is 0.800 bits per heavy atom. The van der Waals surface area contributed by atoms with Gasteiger partial charge in [0, 0.05) is 19.4 Å². The van der Waals surface area contributed by atoms with E-state index >= 15 is 0 Å². The molecule has 1 N–H and O–H groups in total. The van der Waals surface area contributed by atoms with Gasteiger partial charge < -0.3 is 10.1 Å². The maximum absolute atomic E-state index is 11.9. The molecule has 6 heteroatoms. The van der Waals surface area contributed by atoms with Gasteiger partial charge in [-0.15, -0.1) is 11.3 Å². The van der Waals surface area contributed by atoms with Crippen LogP contribution in [0.4, 0.5) is 0 Å². The highest BCUT2D eigenvalue weighted by Gasteiger charge is 2.11. The third-order valence-corrected chi connectivity index (χ3v) is 5.40. The van der Waals surface area contributed by atoms with Crippen LogP contribution in [0, 0.1) is 0 Å². The van der Waals surface area contributed by atoms with E-state index in [1.54, 1.807) is 12.1 Å². The first-order valence-corrected chi connectivity index (χ1v) is 10.6. The minimum absolute atomic E-state index is 0.0437. The van der Waals surface area contributed by atoms with Gasteiger partial charge in [-0.2, -0.15) is 0 Å². The quantitative estimate of drug-likeness (QED) is 0.383. The normalized spacial score (nSPS) is 10.4. The summed E-state index contributed by atoms with van der Waals surface area (Å²) in [6.45, 7) is 0.384. The molecule has 0 atom stereocenters. The highest BCUT2D eigenvalue weighted by atomic mass is 32.1. The van der Waals surface area contributed by atoms with Gasteiger partial charge in [-0.3, -0.25) is 14.4 Å². The maximum Gasteiger partial charge on any atom is 0.307 e. The first kappa shape index (κ1) is 21.5. The Morgan fingerprint density at radius 2 is 1.53 bits per heavy atom. The number of Topliss-reactive ketones (excluding diaryl/α,β-unsaturated/α-hetero) is 1. The Bertz CT molecular complexity index is 966. The Hall–Kier alpha value is -3.25. The summed E-state index contributed by atoms with van der Waals surface area (Å²) in [5.74, 6) is -0.667. The van der Waals surface area contributed by atoms with Crippen molar-refractivity contribution in [1.29, 1.82) is 0 Å². The molecule has 1 aromatic heterocycles. The summed E-state index contributed by atoms with van der Waals surface area (Å²) in [6.07, 6.45) is 0.363. The molecule has 0 aliphatic rings. The minimum atomic E-state index is -0.378. The van der Waals surface area contributed by atoms with Gasteiger partial charge in [-0.1, -0.05) is 60.7 Å². The van der Waals surface area contributed by atoms with Crippen LogP contribution < -0.4 is 5.32 Å². The van der Waals surface area contributed by atoms with Crippen LogP contribution in [0.3, 0.4) is 0 Å². The number of hydrogen-bond donors (Lipinski definition) is 1. The lowest BCUT2D eigenvalue weighted by Gasteiger charge is -2.07. The molecule has 0 saturated heterocycles. The second-order valence-electron chi connectivity index (χ2n) is 6.72. The molecule has 3 rings (SSSR count). The van der Waals surface area contributed by atoms with E-state index in [9.17, 15) is 14.4 Å². The van der Waals surface area contributed by atoms with E-state index < -0.39 is 0 Å². The first-order chi connectivity index (χ1) is 14.6. The molecule has 0 fully saturated rings. The maximum atomic E-state index is 11.9. The second-order valence-corrected chi connectivity index (χ2v) is 7.67. The van der Waals surface area contributed by atoms with E-state index in [0.29, 0.717) is 4.88 Å². The van der Waals surface area contributed by atoms with Crippen molar-refractivity contribution in [3.8, 4) is 11.1 Å². The summed E-state index contributed by atoms with van der Waals surface area (Å²) >= 11 is 1.37. The second kappa shape index (κ2) is 11.1. The molecule has 3 aromatic rings. The van der Waals surface area contributed by atoms with E-state index in [2.05, 4.69) is 5.32 Å². The molecule has 1 heterocycles. The molecule has 0 saturated carbocycles. The molecule has 2 aromatic carbocycles. The van der Waals surface area contributed by atoms with E-state index in [4.69, 9.17) is 4.74 Å². The van der Waals surface area contributed by atoms with Gasteiger partial charge in [0.25, 0.3) is 0 Å². The van der Waals surface area contributed by atoms with E-state index in [-0.39, 0.29) is 50.1 Å². The van der Waals surface area contributed by atoms with Crippen LogP contribution in [0.15, 0.2) is 72.1 Å². The van der Waals surface area contributed by atoms with Crippen molar-refractivity contribution < 1.29 is 19.1 Å². The smallest absolute Gasteiger partial charge is 0.307 e. The molecule has 0 aliphatic carbocycles. The molecule has 1 amide bonds. The number of rotatable bonds is 10. The zero-order chi connectivity index (χ0) is 21.2. The Labute approximate surface area is 179 Å². The predicted octanol–water partition coefficient (Wildman–Crippen LogP) is 4.63. The highest BCUT2D eigenvalue weighted by molar-refractivity contribution is 7.12. The topological polar surface area (TPSA) is 72.5 Å². The van der Waals surface area contributed by atoms with Crippen LogP contribution in [-0.4, -0.2) is 24.2 Å². The Balaban J connectivity index is 1.32. The first-order valence-electron chi connectivity index (χ1n) is 9.75. The molecular weight excluding hydrogens is 398 g/mol. The number of hydrogen-bond acceptors (Lipinski definition) is 5. The number of esters is 1. The van der Waals surface area contributed by atoms with E-state index in [1.165, 1.54) is 11.3 Å². The van der Waals surface area contributed by atoms with Crippen molar-refractivity contribution in [2.45, 2.75) is 25.9 Å². The largest absolute Gasteiger partial charge is 0.461 e. The van der Waals surface area contributed by atoms with Gasteiger partial charge in [-0.05, 0) is 28.1 Å². The Morgan fingerprint density at radius 3 is 2.23 bits per heavy atom. The zero-order valence-electron chi connectivity index (χ0n) is 16.5. The number of carbonyl (C=O) groups excluding carboxylic acids is 3. The molecule has 0 bridgehead atoms. The van der Waals surface area contributed by atoms with Gasteiger partial charge in [-0.25, -0.2) is 0 Å². The molecular formula is C24H23NO4S. The standard InChI is InChI=1S/C24H23NO4S/c26-21(22-7-4-16-30-22)12-13-23(27)25-15-14-24(28)29-17-18-8-10-20(11-9-18)19-5-2-1-3-6-19/h1-11,16H,12-15,17H2,(H,25,27). The van der Waals surface area contributed by atoms with Crippen LogP contribution in [0.2, 0.25) is 0 Å². The van der Waals surface area contributed by atoms with Crippen LogP contribution in [0.25, 0.3) is 11.1 Å². The zero-order valence-corrected chi connectivity index (χ0v) is 17.3. The van der Waals surface area contributed by atoms with E-state index in [0.717, 1.165) is 16.7 Å². The Kier molecular flexibility index (Phi) is 7.92. The molecule has 0 aliphatic heterocycles. The van der Waals surface area contributed by atoms with E-state index in [1.807, 2.05) is 60.0 Å². The minimum Gasteiger partial charge on any atom is -0.461 e. The number of carbonyl (C=O) groups is 3. The molecule has 5 nitrogen and oxygen atoms in total. The van der Waals surface area contributed by atoms with Gasteiger partial charge in [0.1, 0.15) is 6.61 Å². The van der Waals surface area contributed by atoms with Crippen molar-refractivity contribution in [3.63, 3.8) is 0 Å². The van der Waals surface area contributed by atoms with Crippen molar-refractivity contribution in [2.24, 2.45) is 0 Å². The van der Waals surface area contributed by atoms with Crippen molar-refractivity contribution in [3.05, 3.63) is 82.6 Å². The number of benzene rings is 2.